The van der Waals surface area contributed by atoms with Crippen LogP contribution in [0.2, 0.25) is 0 Å². The Morgan fingerprint density at radius 1 is 1.15 bits per heavy atom. The fourth-order valence-corrected chi connectivity index (χ4v) is 2.42. The Morgan fingerprint density at radius 3 is 2.52 bits per heavy atom. The van der Waals surface area contributed by atoms with Crippen LogP contribution in [0.4, 0.5) is 5.82 Å². The third-order valence-corrected chi connectivity index (χ3v) is 3.87. The topological polar surface area (TPSA) is 102 Å². The van der Waals surface area contributed by atoms with Gasteiger partial charge in [0.2, 0.25) is 0 Å². The number of amides is 2. The molecule has 0 spiro atoms. The predicted octanol–water partition coefficient (Wildman–Crippen LogP) is 2.07. The van der Waals surface area contributed by atoms with Crippen molar-refractivity contribution in [2.45, 2.75) is 39.8 Å². The Kier molecular flexibility index (Phi) is 6.70. The molecule has 1 atom stereocenters. The van der Waals surface area contributed by atoms with E-state index in [9.17, 15) is 14.4 Å². The molecule has 0 radical (unpaired) electrons. The van der Waals surface area contributed by atoms with Gasteiger partial charge in [-0.1, -0.05) is 18.2 Å². The summed E-state index contributed by atoms with van der Waals surface area (Å²) in [5.41, 5.74) is 1.29. The van der Waals surface area contributed by atoms with Crippen LogP contribution in [0, 0.1) is 6.92 Å². The number of anilines is 1. The summed E-state index contributed by atoms with van der Waals surface area (Å²) in [6, 6.07) is 8.78. The van der Waals surface area contributed by atoms with Crippen molar-refractivity contribution in [3.05, 3.63) is 47.7 Å². The van der Waals surface area contributed by atoms with E-state index in [1.807, 2.05) is 32.9 Å². The average Bonchev–Trinajstić information content (AvgIpc) is 3.08. The minimum absolute atomic E-state index is 0.0739. The van der Waals surface area contributed by atoms with Crippen molar-refractivity contribution in [3.63, 3.8) is 0 Å². The standard InChI is InChI=1S/C19H24N4O4/c1-12(2)23-16(9-10-21-23)22-18(25)14(4)27-17(24)11-20-19(26)15-8-6-5-7-13(15)3/h5-10,12,14H,11H2,1-4H3,(H,20,26)(H,22,25)/t14-/m1/s1. The number of hydrogen-bond acceptors (Lipinski definition) is 5. The van der Waals surface area contributed by atoms with E-state index in [-0.39, 0.29) is 18.5 Å². The Bertz CT molecular complexity index is 829. The van der Waals surface area contributed by atoms with Gasteiger partial charge in [-0.2, -0.15) is 5.10 Å². The molecule has 1 aromatic carbocycles. The van der Waals surface area contributed by atoms with Gasteiger partial charge in [0.25, 0.3) is 11.8 Å². The molecular formula is C19H24N4O4. The molecule has 0 saturated heterocycles. The summed E-state index contributed by atoms with van der Waals surface area (Å²) in [4.78, 5) is 36.2. The van der Waals surface area contributed by atoms with Crippen molar-refractivity contribution in [2.75, 3.05) is 11.9 Å². The quantitative estimate of drug-likeness (QED) is 0.725. The van der Waals surface area contributed by atoms with Crippen molar-refractivity contribution in [3.8, 4) is 0 Å². The zero-order valence-electron chi connectivity index (χ0n) is 15.9. The van der Waals surface area contributed by atoms with E-state index < -0.39 is 18.0 Å². The first-order valence-electron chi connectivity index (χ1n) is 8.67. The summed E-state index contributed by atoms with van der Waals surface area (Å²) in [5, 5.41) is 9.29. The first-order valence-corrected chi connectivity index (χ1v) is 8.67. The largest absolute Gasteiger partial charge is 0.451 e. The molecule has 2 amide bonds. The lowest BCUT2D eigenvalue weighted by Gasteiger charge is -2.16. The van der Waals surface area contributed by atoms with Crippen LogP contribution >= 0.6 is 0 Å². The highest BCUT2D eigenvalue weighted by Gasteiger charge is 2.20. The Hall–Kier alpha value is -3.16. The smallest absolute Gasteiger partial charge is 0.326 e. The van der Waals surface area contributed by atoms with Crippen molar-refractivity contribution in [2.24, 2.45) is 0 Å². The minimum atomic E-state index is -1.01. The second kappa shape index (κ2) is 8.98. The molecule has 144 valence electrons. The molecule has 8 nitrogen and oxygen atoms in total. The van der Waals surface area contributed by atoms with Crippen LogP contribution in [0.15, 0.2) is 36.5 Å². The second-order valence-electron chi connectivity index (χ2n) is 6.37. The molecule has 0 saturated carbocycles. The van der Waals surface area contributed by atoms with Gasteiger partial charge in [-0.05, 0) is 39.3 Å². The Labute approximate surface area is 157 Å². The van der Waals surface area contributed by atoms with Crippen molar-refractivity contribution >= 4 is 23.6 Å². The highest BCUT2D eigenvalue weighted by Crippen LogP contribution is 2.13. The number of nitrogens with zero attached hydrogens (tertiary/aromatic N) is 2. The van der Waals surface area contributed by atoms with Crippen LogP contribution in [0.3, 0.4) is 0 Å². The lowest BCUT2D eigenvalue weighted by molar-refractivity contribution is -0.152. The number of ether oxygens (including phenoxy) is 1. The SMILES string of the molecule is Cc1ccccc1C(=O)NCC(=O)O[C@H](C)C(=O)Nc1ccnn1C(C)C. The highest BCUT2D eigenvalue weighted by atomic mass is 16.5. The van der Waals surface area contributed by atoms with E-state index in [2.05, 4.69) is 15.7 Å². The predicted molar refractivity (Wildman–Crippen MR) is 100 cm³/mol. The van der Waals surface area contributed by atoms with Crippen LogP contribution in [0.1, 0.15) is 42.7 Å². The number of aryl methyl sites for hydroxylation is 1. The van der Waals surface area contributed by atoms with Crippen LogP contribution < -0.4 is 10.6 Å². The van der Waals surface area contributed by atoms with E-state index in [1.165, 1.54) is 6.92 Å². The number of esters is 1. The number of hydrogen-bond donors (Lipinski definition) is 2. The molecule has 8 heteroatoms. The third-order valence-electron chi connectivity index (χ3n) is 3.87. The molecular weight excluding hydrogens is 348 g/mol. The lowest BCUT2D eigenvalue weighted by atomic mass is 10.1. The van der Waals surface area contributed by atoms with Crippen LogP contribution in [0.5, 0.6) is 0 Å². The number of carbonyl (C=O) groups is 3. The Balaban J connectivity index is 1.84. The highest BCUT2D eigenvalue weighted by molar-refractivity contribution is 5.98. The van der Waals surface area contributed by atoms with E-state index in [1.54, 1.807) is 29.1 Å². The van der Waals surface area contributed by atoms with E-state index in [0.717, 1.165) is 5.56 Å². The first-order chi connectivity index (χ1) is 12.8. The average molecular weight is 372 g/mol. The number of aromatic nitrogens is 2. The monoisotopic (exact) mass is 372 g/mol. The van der Waals surface area contributed by atoms with Crippen LogP contribution in [0.25, 0.3) is 0 Å². The van der Waals surface area contributed by atoms with Gasteiger partial charge in [-0.3, -0.25) is 14.4 Å². The van der Waals surface area contributed by atoms with E-state index in [4.69, 9.17) is 4.74 Å². The molecule has 1 aromatic heterocycles. The van der Waals surface area contributed by atoms with Gasteiger partial charge in [-0.15, -0.1) is 0 Å². The van der Waals surface area contributed by atoms with Gasteiger partial charge < -0.3 is 15.4 Å². The van der Waals surface area contributed by atoms with E-state index in [0.29, 0.717) is 11.4 Å². The number of carbonyl (C=O) groups excluding carboxylic acids is 3. The van der Waals surface area contributed by atoms with Crippen molar-refractivity contribution in [1.82, 2.24) is 15.1 Å². The van der Waals surface area contributed by atoms with Gasteiger partial charge in [0.05, 0.1) is 6.20 Å². The number of nitrogens with one attached hydrogen (secondary N) is 2. The summed E-state index contributed by atoms with van der Waals surface area (Å²) in [6.07, 6.45) is 0.566. The second-order valence-corrected chi connectivity index (χ2v) is 6.37. The van der Waals surface area contributed by atoms with Gasteiger partial charge in [-0.25, -0.2) is 4.68 Å². The summed E-state index contributed by atoms with van der Waals surface area (Å²) < 4.78 is 6.73. The maximum absolute atomic E-state index is 12.2. The van der Waals surface area contributed by atoms with E-state index >= 15 is 0 Å². The van der Waals surface area contributed by atoms with Crippen LogP contribution in [-0.4, -0.2) is 40.2 Å². The summed E-state index contributed by atoms with van der Waals surface area (Å²) in [5.74, 6) is -1.03. The Morgan fingerprint density at radius 2 is 1.85 bits per heavy atom. The molecule has 0 aliphatic heterocycles. The van der Waals surface area contributed by atoms with Gasteiger partial charge in [0.1, 0.15) is 12.4 Å². The normalized spacial score (nSPS) is 11.7. The molecule has 2 rings (SSSR count). The molecule has 2 aromatic rings. The van der Waals surface area contributed by atoms with Crippen LogP contribution in [-0.2, 0) is 14.3 Å². The summed E-state index contributed by atoms with van der Waals surface area (Å²) in [6.45, 7) is 6.81. The lowest BCUT2D eigenvalue weighted by Crippen LogP contribution is -2.36. The first kappa shape index (κ1) is 20.2. The summed E-state index contributed by atoms with van der Waals surface area (Å²) >= 11 is 0. The molecule has 0 bridgehead atoms. The molecule has 1 heterocycles. The van der Waals surface area contributed by atoms with Gasteiger partial charge in [0.15, 0.2) is 6.10 Å². The van der Waals surface area contributed by atoms with Crippen molar-refractivity contribution < 1.29 is 19.1 Å². The molecule has 27 heavy (non-hydrogen) atoms. The maximum atomic E-state index is 12.2. The van der Waals surface area contributed by atoms with Crippen molar-refractivity contribution in [1.29, 1.82) is 0 Å². The summed E-state index contributed by atoms with van der Waals surface area (Å²) in [7, 11) is 0. The molecule has 0 unspecified atom stereocenters. The number of benzene rings is 1. The fourth-order valence-electron chi connectivity index (χ4n) is 2.42. The minimum Gasteiger partial charge on any atom is -0.451 e. The number of rotatable bonds is 7. The van der Waals surface area contributed by atoms with Gasteiger partial charge >= 0.3 is 5.97 Å². The zero-order chi connectivity index (χ0) is 20.0. The molecule has 2 N–H and O–H groups in total. The molecule has 0 aliphatic carbocycles. The third kappa shape index (κ3) is 5.40. The zero-order valence-corrected chi connectivity index (χ0v) is 15.9. The molecule has 0 fully saturated rings. The molecule has 0 aliphatic rings. The fraction of sp³-hybridized carbons (Fsp3) is 0.368. The van der Waals surface area contributed by atoms with Gasteiger partial charge in [0, 0.05) is 17.7 Å². The maximum Gasteiger partial charge on any atom is 0.326 e.